The number of carbonyl (C=O) groups is 1. The molecular weight excluding hydrogens is 494 g/mol. The zero-order valence-corrected chi connectivity index (χ0v) is 19.3. The summed E-state index contributed by atoms with van der Waals surface area (Å²) in [6.45, 7) is 0.876. The number of aromatic nitrogens is 3. The zero-order chi connectivity index (χ0) is 25.1. The van der Waals surface area contributed by atoms with Crippen LogP contribution in [0, 0.1) is 0 Å². The third-order valence-corrected chi connectivity index (χ3v) is 6.33. The van der Waals surface area contributed by atoms with E-state index in [0.717, 1.165) is 18.2 Å². The van der Waals surface area contributed by atoms with Crippen molar-refractivity contribution in [3.05, 3.63) is 23.8 Å². The second-order valence-corrected chi connectivity index (χ2v) is 10.2. The zero-order valence-electron chi connectivity index (χ0n) is 17.6. The Hall–Kier alpha value is -3.12. The van der Waals surface area contributed by atoms with Crippen LogP contribution in [-0.2, 0) is 30.8 Å². The standard InChI is InChI=1S/C17H23N7O8S2/c18-5-6-19-15-21-16(23-17(22-15)24-7-1-2-13(24)14(25)26)20-12-8-11(34(30,31)32)4-3-10(12)9-33(27,28)29/h3-4,8,13H,1-2,5-7,9,18H2,(H,25,26)(H,27,28,29)(H,30,31,32)(H2,19,20,21,22,23). The number of hydrogen-bond donors (Lipinski definition) is 6. The van der Waals surface area contributed by atoms with Crippen LogP contribution >= 0.6 is 0 Å². The Labute approximate surface area is 194 Å². The summed E-state index contributed by atoms with van der Waals surface area (Å²) in [7, 11) is -9.14. The van der Waals surface area contributed by atoms with Crippen molar-refractivity contribution in [2.24, 2.45) is 5.73 Å². The normalized spacial score (nSPS) is 16.4. The number of carboxylic acids is 1. The third-order valence-electron chi connectivity index (χ3n) is 4.81. The number of rotatable bonds is 10. The maximum absolute atomic E-state index is 11.6. The van der Waals surface area contributed by atoms with Gasteiger partial charge in [0, 0.05) is 25.3 Å². The summed E-state index contributed by atoms with van der Waals surface area (Å²) >= 11 is 0. The van der Waals surface area contributed by atoms with Crippen LogP contribution in [0.5, 0.6) is 0 Å². The number of carboxylic acid groups (broad SMARTS) is 1. The van der Waals surface area contributed by atoms with E-state index >= 15 is 0 Å². The summed E-state index contributed by atoms with van der Waals surface area (Å²) in [5.74, 6) is -2.05. The van der Waals surface area contributed by atoms with E-state index in [1.165, 1.54) is 4.90 Å². The molecule has 1 aromatic heterocycles. The quantitative estimate of drug-likeness (QED) is 0.221. The number of nitrogens with two attached hydrogens (primary N) is 1. The van der Waals surface area contributed by atoms with Gasteiger partial charge in [-0.25, -0.2) is 4.79 Å². The Kier molecular flexibility index (Phi) is 7.51. The molecule has 0 saturated carbocycles. The molecule has 186 valence electrons. The lowest BCUT2D eigenvalue weighted by atomic mass is 10.2. The number of aliphatic carboxylic acids is 1. The largest absolute Gasteiger partial charge is 0.480 e. The minimum atomic E-state index is -4.64. The van der Waals surface area contributed by atoms with Gasteiger partial charge in [-0.15, -0.1) is 0 Å². The van der Waals surface area contributed by atoms with Crippen LogP contribution in [0.1, 0.15) is 18.4 Å². The predicted molar refractivity (Wildman–Crippen MR) is 120 cm³/mol. The van der Waals surface area contributed by atoms with Crippen LogP contribution in [0.3, 0.4) is 0 Å². The first-order valence-electron chi connectivity index (χ1n) is 9.89. The molecule has 34 heavy (non-hydrogen) atoms. The minimum absolute atomic E-state index is 0.0178. The van der Waals surface area contributed by atoms with Gasteiger partial charge in [0.25, 0.3) is 20.2 Å². The first-order chi connectivity index (χ1) is 15.9. The summed E-state index contributed by atoms with van der Waals surface area (Å²) in [6, 6.07) is 2.14. The van der Waals surface area contributed by atoms with E-state index in [-0.39, 0.29) is 42.2 Å². The number of nitrogens with zero attached hydrogens (tertiary/aromatic N) is 4. The highest BCUT2D eigenvalue weighted by Gasteiger charge is 2.33. The van der Waals surface area contributed by atoms with Crippen LogP contribution < -0.4 is 21.3 Å². The number of anilines is 4. The van der Waals surface area contributed by atoms with Gasteiger partial charge in [-0.2, -0.15) is 31.8 Å². The second-order valence-electron chi connectivity index (χ2n) is 7.33. The fourth-order valence-electron chi connectivity index (χ4n) is 3.35. The predicted octanol–water partition coefficient (Wildman–Crippen LogP) is -0.326. The van der Waals surface area contributed by atoms with E-state index in [0.29, 0.717) is 19.4 Å². The van der Waals surface area contributed by atoms with Crippen LogP contribution in [0.25, 0.3) is 0 Å². The summed E-state index contributed by atoms with van der Waals surface area (Å²) in [5, 5.41) is 15.0. The number of benzene rings is 1. The number of nitrogens with one attached hydrogen (secondary N) is 2. The average molecular weight is 518 g/mol. The molecule has 1 saturated heterocycles. The van der Waals surface area contributed by atoms with E-state index in [1.807, 2.05) is 0 Å². The molecule has 1 aliphatic rings. The molecule has 2 aromatic rings. The minimum Gasteiger partial charge on any atom is -0.480 e. The molecule has 15 nitrogen and oxygen atoms in total. The van der Waals surface area contributed by atoms with Gasteiger partial charge in [0.2, 0.25) is 17.8 Å². The van der Waals surface area contributed by atoms with E-state index in [2.05, 4.69) is 25.6 Å². The lowest BCUT2D eigenvalue weighted by molar-refractivity contribution is -0.138. The summed E-state index contributed by atoms with van der Waals surface area (Å²) in [4.78, 5) is 25.1. The Morgan fingerprint density at radius 1 is 1.15 bits per heavy atom. The van der Waals surface area contributed by atoms with Crippen molar-refractivity contribution in [1.82, 2.24) is 15.0 Å². The Morgan fingerprint density at radius 2 is 1.85 bits per heavy atom. The SMILES string of the molecule is NCCNc1nc(Nc2cc(S(=O)(=O)O)ccc2CS(=O)(=O)O)nc(N2CCCC2C(=O)O)n1. The lowest BCUT2D eigenvalue weighted by Crippen LogP contribution is -2.37. The first kappa shape index (κ1) is 25.5. The van der Waals surface area contributed by atoms with Crippen molar-refractivity contribution >= 4 is 49.7 Å². The van der Waals surface area contributed by atoms with Gasteiger partial charge in [-0.1, -0.05) is 6.07 Å². The fraction of sp³-hybridized carbons (Fsp3) is 0.412. The monoisotopic (exact) mass is 517 g/mol. The number of hydrogen-bond acceptors (Lipinski definition) is 12. The molecule has 0 amide bonds. The highest BCUT2D eigenvalue weighted by molar-refractivity contribution is 7.86. The molecule has 7 N–H and O–H groups in total. The van der Waals surface area contributed by atoms with Crippen molar-refractivity contribution in [3.8, 4) is 0 Å². The Balaban J connectivity index is 2.07. The van der Waals surface area contributed by atoms with Crippen molar-refractivity contribution in [1.29, 1.82) is 0 Å². The van der Waals surface area contributed by atoms with E-state index in [9.17, 15) is 35.8 Å². The molecule has 0 spiro atoms. The van der Waals surface area contributed by atoms with Crippen molar-refractivity contribution < 1.29 is 35.8 Å². The second kappa shape index (κ2) is 10.0. The molecular formula is C17H23N7O8S2. The van der Waals surface area contributed by atoms with E-state index < -0.39 is 42.9 Å². The maximum atomic E-state index is 11.6. The third kappa shape index (κ3) is 6.48. The Bertz CT molecular complexity index is 1290. The van der Waals surface area contributed by atoms with Gasteiger partial charge < -0.3 is 26.4 Å². The molecule has 2 heterocycles. The summed E-state index contributed by atoms with van der Waals surface area (Å²) < 4.78 is 64.6. The lowest BCUT2D eigenvalue weighted by Gasteiger charge is -2.22. The van der Waals surface area contributed by atoms with Gasteiger partial charge in [0.1, 0.15) is 11.8 Å². The molecule has 3 rings (SSSR count). The van der Waals surface area contributed by atoms with E-state index in [4.69, 9.17) is 5.73 Å². The van der Waals surface area contributed by atoms with Crippen molar-refractivity contribution in [3.63, 3.8) is 0 Å². The Morgan fingerprint density at radius 3 is 2.47 bits per heavy atom. The van der Waals surface area contributed by atoms with Crippen LogP contribution in [0.2, 0.25) is 0 Å². The van der Waals surface area contributed by atoms with Crippen molar-refractivity contribution in [2.75, 3.05) is 35.2 Å². The molecule has 0 aliphatic carbocycles. The fourth-order valence-corrected chi connectivity index (χ4v) is 4.50. The molecule has 0 radical (unpaired) electrons. The smallest absolute Gasteiger partial charge is 0.326 e. The highest BCUT2D eigenvalue weighted by Crippen LogP contribution is 2.28. The van der Waals surface area contributed by atoms with Crippen LogP contribution in [0.15, 0.2) is 23.1 Å². The molecule has 1 unspecified atom stereocenters. The van der Waals surface area contributed by atoms with Crippen LogP contribution in [-0.4, -0.2) is 77.6 Å². The molecule has 1 fully saturated rings. The average Bonchev–Trinajstić information content (AvgIpc) is 3.22. The van der Waals surface area contributed by atoms with Gasteiger partial charge in [-0.3, -0.25) is 9.11 Å². The topological polar surface area (TPSA) is 238 Å². The summed E-state index contributed by atoms with van der Waals surface area (Å²) in [5.41, 5.74) is 5.32. The summed E-state index contributed by atoms with van der Waals surface area (Å²) in [6.07, 6.45) is 0.968. The molecule has 1 atom stereocenters. The molecule has 1 aliphatic heterocycles. The van der Waals surface area contributed by atoms with E-state index in [1.54, 1.807) is 0 Å². The van der Waals surface area contributed by atoms with Gasteiger partial charge in [0.15, 0.2) is 0 Å². The van der Waals surface area contributed by atoms with Gasteiger partial charge in [-0.05, 0) is 30.5 Å². The van der Waals surface area contributed by atoms with Crippen LogP contribution in [0.4, 0.5) is 23.5 Å². The van der Waals surface area contributed by atoms with Gasteiger partial charge >= 0.3 is 5.97 Å². The molecule has 1 aromatic carbocycles. The maximum Gasteiger partial charge on any atom is 0.326 e. The molecule has 17 heteroatoms. The first-order valence-corrected chi connectivity index (χ1v) is 12.9. The molecule has 0 bridgehead atoms. The van der Waals surface area contributed by atoms with Crippen molar-refractivity contribution in [2.45, 2.75) is 29.5 Å². The highest BCUT2D eigenvalue weighted by atomic mass is 32.2. The van der Waals surface area contributed by atoms with Gasteiger partial charge in [0.05, 0.1) is 4.90 Å².